The fraction of sp³-hybridized carbons (Fsp3) is 0.889. The number of rotatable bonds is 6. The monoisotopic (exact) mass is 229 g/mol. The lowest BCUT2D eigenvalue weighted by molar-refractivity contribution is 0.627. The van der Waals surface area contributed by atoms with E-state index in [2.05, 4.69) is 6.92 Å². The van der Waals surface area contributed by atoms with Crippen molar-refractivity contribution in [3.05, 3.63) is 6.42 Å². The highest BCUT2D eigenvalue weighted by Gasteiger charge is 2.18. The summed E-state index contributed by atoms with van der Waals surface area (Å²) in [5, 5.41) is 0. The SMILES string of the molecule is CCCCCCC[CH]C(Cl)(Cl)Cl. The van der Waals surface area contributed by atoms with Gasteiger partial charge in [0.15, 0.2) is 3.79 Å². The minimum Gasteiger partial charge on any atom is -0.0834 e. The number of hydrogen-bond acceptors (Lipinski definition) is 0. The lowest BCUT2D eigenvalue weighted by atomic mass is 10.1. The Bertz CT molecular complexity index is 96.4. The molecule has 0 spiro atoms. The Morgan fingerprint density at radius 3 is 2.08 bits per heavy atom. The molecule has 0 saturated carbocycles. The van der Waals surface area contributed by atoms with E-state index in [9.17, 15) is 0 Å². The van der Waals surface area contributed by atoms with Gasteiger partial charge < -0.3 is 0 Å². The van der Waals surface area contributed by atoms with Crippen LogP contribution in [0, 0.1) is 6.42 Å². The van der Waals surface area contributed by atoms with Crippen LogP contribution < -0.4 is 0 Å². The summed E-state index contributed by atoms with van der Waals surface area (Å²) in [5.74, 6) is 0. The van der Waals surface area contributed by atoms with Gasteiger partial charge in [-0.3, -0.25) is 0 Å². The molecule has 0 N–H and O–H groups in total. The second-order valence-corrected chi connectivity index (χ2v) is 5.32. The maximum atomic E-state index is 5.55. The average Bonchev–Trinajstić information content (AvgIpc) is 1.94. The van der Waals surface area contributed by atoms with Crippen LogP contribution in [0.4, 0.5) is 0 Å². The lowest BCUT2D eigenvalue weighted by Gasteiger charge is -2.08. The van der Waals surface area contributed by atoms with Crippen LogP contribution in [0.2, 0.25) is 0 Å². The van der Waals surface area contributed by atoms with Gasteiger partial charge in [0.2, 0.25) is 0 Å². The molecule has 12 heavy (non-hydrogen) atoms. The molecule has 0 aromatic rings. The van der Waals surface area contributed by atoms with Crippen molar-refractivity contribution < 1.29 is 0 Å². The predicted molar refractivity (Wildman–Crippen MR) is 58.0 cm³/mol. The predicted octanol–water partition coefficient (Wildman–Crippen LogP) is 4.92. The Kier molecular flexibility index (Phi) is 7.82. The number of hydrogen-bond donors (Lipinski definition) is 0. The first kappa shape index (κ1) is 12.9. The Hall–Kier alpha value is 0.870. The van der Waals surface area contributed by atoms with E-state index in [1.54, 1.807) is 6.42 Å². The fourth-order valence-corrected chi connectivity index (χ4v) is 1.34. The Morgan fingerprint density at radius 1 is 1.00 bits per heavy atom. The van der Waals surface area contributed by atoms with E-state index >= 15 is 0 Å². The molecular formula is C9H16Cl3. The molecule has 0 atom stereocenters. The summed E-state index contributed by atoms with van der Waals surface area (Å²) in [6, 6.07) is 0. The quantitative estimate of drug-likeness (QED) is 0.449. The highest BCUT2D eigenvalue weighted by molar-refractivity contribution is 6.68. The van der Waals surface area contributed by atoms with Crippen LogP contribution in [0.25, 0.3) is 0 Å². The molecule has 0 rings (SSSR count). The zero-order valence-electron chi connectivity index (χ0n) is 7.45. The highest BCUT2D eigenvalue weighted by atomic mass is 35.6. The standard InChI is InChI=1S/C9H16Cl3/c1-2-3-4-5-6-7-8-9(10,11)12/h8H,2-7H2,1H3. The first-order valence-corrected chi connectivity index (χ1v) is 5.60. The van der Waals surface area contributed by atoms with Crippen molar-refractivity contribution >= 4 is 34.8 Å². The van der Waals surface area contributed by atoms with Gasteiger partial charge in [0, 0.05) is 6.42 Å². The van der Waals surface area contributed by atoms with Crippen molar-refractivity contribution in [1.82, 2.24) is 0 Å². The molecule has 0 aliphatic rings. The number of halogens is 3. The molecular weight excluding hydrogens is 214 g/mol. The zero-order valence-corrected chi connectivity index (χ0v) is 9.72. The third kappa shape index (κ3) is 10.9. The summed E-state index contributed by atoms with van der Waals surface area (Å²) >= 11 is 16.6. The van der Waals surface area contributed by atoms with E-state index in [0.29, 0.717) is 0 Å². The van der Waals surface area contributed by atoms with Crippen molar-refractivity contribution in [3.8, 4) is 0 Å². The molecule has 0 saturated heterocycles. The second-order valence-electron chi connectivity index (χ2n) is 2.95. The van der Waals surface area contributed by atoms with Crippen molar-refractivity contribution in [3.63, 3.8) is 0 Å². The van der Waals surface area contributed by atoms with Crippen molar-refractivity contribution in [2.24, 2.45) is 0 Å². The maximum Gasteiger partial charge on any atom is 0.193 e. The van der Waals surface area contributed by atoms with E-state index in [-0.39, 0.29) is 0 Å². The van der Waals surface area contributed by atoms with Crippen molar-refractivity contribution in [2.75, 3.05) is 0 Å². The van der Waals surface area contributed by atoms with Gasteiger partial charge >= 0.3 is 0 Å². The van der Waals surface area contributed by atoms with Gasteiger partial charge in [0.05, 0.1) is 0 Å². The van der Waals surface area contributed by atoms with Crippen LogP contribution in [0.5, 0.6) is 0 Å². The summed E-state index contributed by atoms with van der Waals surface area (Å²) in [7, 11) is 0. The molecule has 0 aromatic carbocycles. The van der Waals surface area contributed by atoms with Crippen LogP contribution in [-0.4, -0.2) is 3.79 Å². The van der Waals surface area contributed by atoms with Crippen molar-refractivity contribution in [2.45, 2.75) is 49.2 Å². The van der Waals surface area contributed by atoms with Gasteiger partial charge in [-0.25, -0.2) is 0 Å². The van der Waals surface area contributed by atoms with Crippen LogP contribution in [0.1, 0.15) is 45.4 Å². The third-order valence-corrected chi connectivity index (χ3v) is 2.15. The molecule has 3 heteroatoms. The van der Waals surface area contributed by atoms with Gasteiger partial charge in [-0.2, -0.15) is 0 Å². The number of unbranched alkanes of at least 4 members (excludes halogenated alkanes) is 5. The molecule has 73 valence electrons. The molecule has 0 amide bonds. The van der Waals surface area contributed by atoms with Gasteiger partial charge in [-0.1, -0.05) is 73.8 Å². The third-order valence-electron chi connectivity index (χ3n) is 1.68. The van der Waals surface area contributed by atoms with E-state index in [1.165, 1.54) is 25.7 Å². The summed E-state index contributed by atoms with van der Waals surface area (Å²) in [5.41, 5.74) is 0. The molecule has 0 heterocycles. The average molecular weight is 231 g/mol. The zero-order chi connectivity index (χ0) is 9.45. The Labute approximate surface area is 90.6 Å². The van der Waals surface area contributed by atoms with Gasteiger partial charge in [0.1, 0.15) is 0 Å². The fourth-order valence-electron chi connectivity index (χ4n) is 1.01. The Morgan fingerprint density at radius 2 is 1.58 bits per heavy atom. The van der Waals surface area contributed by atoms with Gasteiger partial charge in [0.25, 0.3) is 0 Å². The molecule has 0 aliphatic carbocycles. The van der Waals surface area contributed by atoms with Crippen LogP contribution in [0.3, 0.4) is 0 Å². The normalized spacial score (nSPS) is 12.0. The smallest absolute Gasteiger partial charge is 0.0834 e. The summed E-state index contributed by atoms with van der Waals surface area (Å²) < 4.78 is -1.16. The molecule has 1 radical (unpaired) electrons. The molecule has 0 aromatic heterocycles. The van der Waals surface area contributed by atoms with Crippen molar-refractivity contribution in [1.29, 1.82) is 0 Å². The molecule has 0 fully saturated rings. The second kappa shape index (κ2) is 7.29. The highest BCUT2D eigenvalue weighted by Crippen LogP contribution is 2.31. The summed E-state index contributed by atoms with van der Waals surface area (Å²) in [6.45, 7) is 2.20. The first-order valence-electron chi connectivity index (χ1n) is 4.47. The van der Waals surface area contributed by atoms with E-state index < -0.39 is 3.79 Å². The van der Waals surface area contributed by atoms with Gasteiger partial charge in [-0.15, -0.1) is 0 Å². The van der Waals surface area contributed by atoms with Crippen LogP contribution in [-0.2, 0) is 0 Å². The molecule has 0 bridgehead atoms. The van der Waals surface area contributed by atoms with Gasteiger partial charge in [-0.05, 0) is 6.42 Å². The van der Waals surface area contributed by atoms with Crippen LogP contribution >= 0.6 is 34.8 Å². The molecule has 0 nitrogen and oxygen atoms in total. The summed E-state index contributed by atoms with van der Waals surface area (Å²) in [6.07, 6.45) is 8.90. The molecule has 0 unspecified atom stereocenters. The summed E-state index contributed by atoms with van der Waals surface area (Å²) in [4.78, 5) is 0. The minimum absolute atomic E-state index is 0.903. The maximum absolute atomic E-state index is 5.55. The molecule has 0 aliphatic heterocycles. The van der Waals surface area contributed by atoms with E-state index in [1.807, 2.05) is 0 Å². The topological polar surface area (TPSA) is 0 Å². The first-order chi connectivity index (χ1) is 5.56. The Balaban J connectivity index is 3.01. The van der Waals surface area contributed by atoms with E-state index in [0.717, 1.165) is 12.8 Å². The minimum atomic E-state index is -1.16. The van der Waals surface area contributed by atoms with E-state index in [4.69, 9.17) is 34.8 Å². The van der Waals surface area contributed by atoms with Crippen LogP contribution in [0.15, 0.2) is 0 Å². The number of alkyl halides is 3. The lowest BCUT2D eigenvalue weighted by Crippen LogP contribution is -2.01. The largest absolute Gasteiger partial charge is 0.193 e.